The first kappa shape index (κ1) is 12.8. The van der Waals surface area contributed by atoms with E-state index in [1.807, 2.05) is 18.7 Å². The summed E-state index contributed by atoms with van der Waals surface area (Å²) >= 11 is 5.92. The van der Waals surface area contributed by atoms with E-state index in [4.69, 9.17) is 16.3 Å². The van der Waals surface area contributed by atoms with E-state index in [-0.39, 0.29) is 11.3 Å². The van der Waals surface area contributed by atoms with Crippen molar-refractivity contribution in [1.29, 1.82) is 0 Å². The Balaban J connectivity index is 2.33. The number of carbonyl (C=O) groups is 1. The van der Waals surface area contributed by atoms with Gasteiger partial charge in [-0.25, -0.2) is 0 Å². The molecule has 0 saturated carbocycles. The van der Waals surface area contributed by atoms with Crippen molar-refractivity contribution in [3.8, 4) is 0 Å². The minimum atomic E-state index is -0.353. The molecule has 1 fully saturated rings. The van der Waals surface area contributed by atoms with Crippen LogP contribution in [0.25, 0.3) is 0 Å². The lowest BCUT2D eigenvalue weighted by atomic mass is 10.1. The molecule has 0 aromatic heterocycles. The summed E-state index contributed by atoms with van der Waals surface area (Å²) in [4.78, 5) is 13.6. The number of hydrogen-bond donors (Lipinski definition) is 0. The van der Waals surface area contributed by atoms with Gasteiger partial charge in [0, 0.05) is 19.7 Å². The Hall–Kier alpha value is -0.280. The molecular formula is C11H20ClNO2. The molecule has 0 spiro atoms. The third kappa shape index (κ3) is 3.65. The van der Waals surface area contributed by atoms with Gasteiger partial charge in [0.05, 0.1) is 6.10 Å². The molecular weight excluding hydrogens is 214 g/mol. The molecule has 1 unspecified atom stereocenters. The third-order valence-corrected chi connectivity index (χ3v) is 3.28. The van der Waals surface area contributed by atoms with Gasteiger partial charge in [0.2, 0.25) is 5.91 Å². The van der Waals surface area contributed by atoms with Gasteiger partial charge < -0.3 is 9.64 Å². The molecule has 1 rings (SSSR count). The highest BCUT2D eigenvalue weighted by Crippen LogP contribution is 2.16. The van der Waals surface area contributed by atoms with E-state index in [1.54, 1.807) is 0 Å². The van der Waals surface area contributed by atoms with Crippen molar-refractivity contribution in [2.75, 3.05) is 19.7 Å². The zero-order valence-electron chi connectivity index (χ0n) is 9.54. The molecule has 1 aliphatic rings. The summed E-state index contributed by atoms with van der Waals surface area (Å²) in [7, 11) is 0. The van der Waals surface area contributed by atoms with Crippen molar-refractivity contribution in [1.82, 2.24) is 4.90 Å². The summed E-state index contributed by atoms with van der Waals surface area (Å²) in [6, 6.07) is 0. The summed E-state index contributed by atoms with van der Waals surface area (Å²) in [5, 5.41) is -0.353. The summed E-state index contributed by atoms with van der Waals surface area (Å²) in [5.74, 6) is 0.0779. The molecule has 88 valence electrons. The zero-order chi connectivity index (χ0) is 11.3. The largest absolute Gasteiger partial charge is 0.378 e. The minimum absolute atomic E-state index is 0.0779. The van der Waals surface area contributed by atoms with Crippen LogP contribution in [0.15, 0.2) is 0 Å². The van der Waals surface area contributed by atoms with Gasteiger partial charge >= 0.3 is 0 Å². The number of amides is 1. The lowest BCUT2D eigenvalue weighted by Crippen LogP contribution is -2.44. The lowest BCUT2D eigenvalue weighted by molar-refractivity contribution is -0.133. The maximum absolute atomic E-state index is 11.7. The molecule has 0 radical (unpaired) electrons. The molecule has 1 heterocycles. The maximum atomic E-state index is 11.7. The van der Waals surface area contributed by atoms with Crippen molar-refractivity contribution in [3.63, 3.8) is 0 Å². The van der Waals surface area contributed by atoms with Gasteiger partial charge in [0.25, 0.3) is 0 Å². The van der Waals surface area contributed by atoms with Crippen LogP contribution in [-0.2, 0) is 9.53 Å². The highest BCUT2D eigenvalue weighted by molar-refractivity contribution is 6.30. The van der Waals surface area contributed by atoms with Gasteiger partial charge in [-0.3, -0.25) is 4.79 Å². The number of ether oxygens (including phenoxy) is 1. The topological polar surface area (TPSA) is 29.5 Å². The predicted octanol–water partition coefficient (Wildman–Crippen LogP) is 2.03. The van der Waals surface area contributed by atoms with Crippen molar-refractivity contribution in [2.45, 2.75) is 44.6 Å². The number of piperidine rings is 1. The number of hydrogen-bond acceptors (Lipinski definition) is 2. The number of alkyl halides is 1. The summed E-state index contributed by atoms with van der Waals surface area (Å²) in [6.45, 7) is 6.26. The van der Waals surface area contributed by atoms with E-state index >= 15 is 0 Å². The lowest BCUT2D eigenvalue weighted by Gasteiger charge is -2.32. The van der Waals surface area contributed by atoms with Crippen LogP contribution in [0.4, 0.5) is 0 Å². The Kier molecular flexibility index (Phi) is 5.40. The number of rotatable bonds is 4. The standard InChI is InChI=1S/C11H20ClNO2/c1-3-10(12)11(14)13-7-5-9(6-8-13)15-4-2/h9-10H,3-8H2,1-2H3. The van der Waals surface area contributed by atoms with Gasteiger partial charge in [0.15, 0.2) is 0 Å². The third-order valence-electron chi connectivity index (χ3n) is 2.78. The number of nitrogens with zero attached hydrogens (tertiary/aromatic N) is 1. The second-order valence-electron chi connectivity index (χ2n) is 3.86. The van der Waals surface area contributed by atoms with Crippen molar-refractivity contribution >= 4 is 17.5 Å². The number of halogens is 1. The van der Waals surface area contributed by atoms with Crippen LogP contribution in [0.1, 0.15) is 33.1 Å². The van der Waals surface area contributed by atoms with Gasteiger partial charge in [0.1, 0.15) is 5.38 Å². The summed E-state index contributed by atoms with van der Waals surface area (Å²) < 4.78 is 5.53. The fourth-order valence-corrected chi connectivity index (χ4v) is 1.99. The fraction of sp³-hybridized carbons (Fsp3) is 0.909. The molecule has 3 nitrogen and oxygen atoms in total. The van der Waals surface area contributed by atoms with Crippen LogP contribution in [0.2, 0.25) is 0 Å². The van der Waals surface area contributed by atoms with E-state index in [1.165, 1.54) is 0 Å². The number of carbonyl (C=O) groups excluding carboxylic acids is 1. The molecule has 0 aromatic rings. The molecule has 0 N–H and O–H groups in total. The van der Waals surface area contributed by atoms with Crippen LogP contribution >= 0.6 is 11.6 Å². The van der Waals surface area contributed by atoms with E-state index in [2.05, 4.69) is 0 Å². The van der Waals surface area contributed by atoms with Gasteiger partial charge in [-0.15, -0.1) is 11.6 Å². The monoisotopic (exact) mass is 233 g/mol. The highest BCUT2D eigenvalue weighted by atomic mass is 35.5. The molecule has 0 bridgehead atoms. The van der Waals surface area contributed by atoms with Crippen molar-refractivity contribution in [2.24, 2.45) is 0 Å². The van der Waals surface area contributed by atoms with E-state index < -0.39 is 0 Å². The van der Waals surface area contributed by atoms with Crippen LogP contribution in [0, 0.1) is 0 Å². The smallest absolute Gasteiger partial charge is 0.240 e. The highest BCUT2D eigenvalue weighted by Gasteiger charge is 2.26. The Labute approximate surface area is 96.7 Å². The average molecular weight is 234 g/mol. The van der Waals surface area contributed by atoms with Gasteiger partial charge in [-0.2, -0.15) is 0 Å². The predicted molar refractivity (Wildman–Crippen MR) is 61.2 cm³/mol. The second-order valence-corrected chi connectivity index (χ2v) is 4.38. The van der Waals surface area contributed by atoms with Crippen LogP contribution in [0.3, 0.4) is 0 Å². The first-order valence-corrected chi connectivity index (χ1v) is 6.17. The molecule has 1 amide bonds. The molecule has 15 heavy (non-hydrogen) atoms. The quantitative estimate of drug-likeness (QED) is 0.696. The Morgan fingerprint density at radius 3 is 2.53 bits per heavy atom. The van der Waals surface area contributed by atoms with Crippen molar-refractivity contribution < 1.29 is 9.53 Å². The summed E-state index contributed by atoms with van der Waals surface area (Å²) in [6.07, 6.45) is 2.90. The molecule has 1 saturated heterocycles. The van der Waals surface area contributed by atoms with Crippen LogP contribution in [-0.4, -0.2) is 42.0 Å². The minimum Gasteiger partial charge on any atom is -0.378 e. The Morgan fingerprint density at radius 1 is 1.47 bits per heavy atom. The number of likely N-dealkylation sites (tertiary alicyclic amines) is 1. The van der Waals surface area contributed by atoms with Crippen LogP contribution < -0.4 is 0 Å². The Morgan fingerprint density at radius 2 is 2.07 bits per heavy atom. The Bertz CT molecular complexity index is 203. The maximum Gasteiger partial charge on any atom is 0.240 e. The van der Waals surface area contributed by atoms with E-state index in [0.717, 1.165) is 32.5 Å². The summed E-state index contributed by atoms with van der Waals surface area (Å²) in [5.41, 5.74) is 0. The zero-order valence-corrected chi connectivity index (χ0v) is 10.3. The van der Waals surface area contributed by atoms with Crippen LogP contribution in [0.5, 0.6) is 0 Å². The van der Waals surface area contributed by atoms with E-state index in [0.29, 0.717) is 12.5 Å². The normalized spacial score (nSPS) is 20.3. The molecule has 4 heteroatoms. The molecule has 0 aliphatic carbocycles. The first-order chi connectivity index (χ1) is 7.19. The fourth-order valence-electron chi connectivity index (χ4n) is 1.85. The SMILES string of the molecule is CCOC1CCN(C(=O)C(Cl)CC)CC1. The molecule has 0 aromatic carbocycles. The average Bonchev–Trinajstić information content (AvgIpc) is 2.28. The van der Waals surface area contributed by atoms with Gasteiger partial charge in [-0.05, 0) is 26.2 Å². The van der Waals surface area contributed by atoms with Crippen molar-refractivity contribution in [3.05, 3.63) is 0 Å². The molecule has 1 aliphatic heterocycles. The first-order valence-electron chi connectivity index (χ1n) is 5.73. The second kappa shape index (κ2) is 6.33. The van der Waals surface area contributed by atoms with E-state index in [9.17, 15) is 4.79 Å². The molecule has 1 atom stereocenters. The van der Waals surface area contributed by atoms with Gasteiger partial charge in [-0.1, -0.05) is 6.92 Å².